The van der Waals surface area contributed by atoms with Crippen LogP contribution in [0.5, 0.6) is 0 Å². The SMILES string of the molecule is CCn1ccc(=O)n(Cc2ccc(C(=O)NN)s2)c1=O. The number of nitrogens with one attached hydrogen (secondary N) is 1. The minimum absolute atomic E-state index is 0.140. The molecule has 0 radical (unpaired) electrons. The number of nitrogen functional groups attached to an aromatic ring is 1. The number of hydrogen-bond donors (Lipinski definition) is 2. The van der Waals surface area contributed by atoms with E-state index in [-0.39, 0.29) is 17.8 Å². The zero-order valence-corrected chi connectivity index (χ0v) is 11.6. The van der Waals surface area contributed by atoms with Crippen molar-refractivity contribution in [3.63, 3.8) is 0 Å². The second-order valence-corrected chi connectivity index (χ2v) is 5.22. The molecule has 7 nitrogen and oxygen atoms in total. The van der Waals surface area contributed by atoms with E-state index in [1.165, 1.54) is 28.2 Å². The van der Waals surface area contributed by atoms with Crippen LogP contribution in [-0.2, 0) is 13.1 Å². The molecule has 2 aromatic rings. The highest BCUT2D eigenvalue weighted by Crippen LogP contribution is 2.16. The summed E-state index contributed by atoms with van der Waals surface area (Å²) >= 11 is 1.19. The van der Waals surface area contributed by atoms with Gasteiger partial charge in [0.25, 0.3) is 11.5 Å². The number of nitrogens with two attached hydrogens (primary N) is 1. The van der Waals surface area contributed by atoms with Crippen molar-refractivity contribution >= 4 is 17.2 Å². The summed E-state index contributed by atoms with van der Waals surface area (Å²) in [6.07, 6.45) is 1.48. The molecule has 8 heteroatoms. The molecule has 0 saturated heterocycles. The zero-order chi connectivity index (χ0) is 14.7. The number of hydrogen-bond acceptors (Lipinski definition) is 5. The van der Waals surface area contributed by atoms with Crippen LogP contribution >= 0.6 is 11.3 Å². The molecule has 0 unspecified atom stereocenters. The molecule has 2 aromatic heterocycles. The van der Waals surface area contributed by atoms with Gasteiger partial charge in [-0.3, -0.25) is 19.6 Å². The van der Waals surface area contributed by atoms with Gasteiger partial charge in [-0.15, -0.1) is 11.3 Å². The monoisotopic (exact) mass is 294 g/mol. The normalized spacial score (nSPS) is 10.5. The van der Waals surface area contributed by atoms with Gasteiger partial charge in [-0.1, -0.05) is 0 Å². The van der Waals surface area contributed by atoms with Gasteiger partial charge in [-0.2, -0.15) is 0 Å². The molecule has 3 N–H and O–H groups in total. The van der Waals surface area contributed by atoms with Crippen LogP contribution in [0.1, 0.15) is 21.5 Å². The first-order valence-corrected chi connectivity index (χ1v) is 6.78. The number of carbonyl (C=O) groups excluding carboxylic acids is 1. The maximum absolute atomic E-state index is 12.1. The highest BCUT2D eigenvalue weighted by Gasteiger charge is 2.10. The highest BCUT2D eigenvalue weighted by molar-refractivity contribution is 7.14. The Balaban J connectivity index is 2.35. The third kappa shape index (κ3) is 2.70. The molecule has 0 atom stereocenters. The predicted molar refractivity (Wildman–Crippen MR) is 75.7 cm³/mol. The molecule has 0 bridgehead atoms. The van der Waals surface area contributed by atoms with Crippen molar-refractivity contribution in [1.82, 2.24) is 14.6 Å². The van der Waals surface area contributed by atoms with Crippen LogP contribution in [0.2, 0.25) is 0 Å². The molecule has 1 amide bonds. The fourth-order valence-corrected chi connectivity index (χ4v) is 2.65. The first kappa shape index (κ1) is 14.2. The standard InChI is InChI=1S/C12H14N4O3S/c1-2-15-6-5-10(17)16(12(15)19)7-8-3-4-9(20-8)11(18)14-13/h3-6H,2,7,13H2,1H3,(H,14,18). The van der Waals surface area contributed by atoms with Crippen LogP contribution in [-0.4, -0.2) is 15.0 Å². The molecule has 0 spiro atoms. The highest BCUT2D eigenvalue weighted by atomic mass is 32.1. The first-order valence-electron chi connectivity index (χ1n) is 5.96. The van der Waals surface area contributed by atoms with Gasteiger partial charge in [-0.05, 0) is 19.1 Å². The van der Waals surface area contributed by atoms with E-state index in [4.69, 9.17) is 5.84 Å². The number of aromatic nitrogens is 2. The maximum Gasteiger partial charge on any atom is 0.331 e. The van der Waals surface area contributed by atoms with E-state index in [2.05, 4.69) is 0 Å². The summed E-state index contributed by atoms with van der Waals surface area (Å²) in [6.45, 7) is 2.45. The van der Waals surface area contributed by atoms with E-state index in [1.54, 1.807) is 12.1 Å². The fourth-order valence-electron chi connectivity index (χ4n) is 1.75. The molecular formula is C12H14N4O3S. The Hall–Kier alpha value is -2.19. The van der Waals surface area contributed by atoms with Crippen LogP contribution in [0.3, 0.4) is 0 Å². The van der Waals surface area contributed by atoms with Gasteiger partial charge in [0.2, 0.25) is 0 Å². The van der Waals surface area contributed by atoms with Crippen molar-refractivity contribution < 1.29 is 4.79 Å². The van der Waals surface area contributed by atoms with Crippen LogP contribution < -0.4 is 22.5 Å². The smallest absolute Gasteiger partial charge is 0.301 e. The second kappa shape index (κ2) is 5.85. The molecular weight excluding hydrogens is 280 g/mol. The van der Waals surface area contributed by atoms with E-state index < -0.39 is 5.91 Å². The average molecular weight is 294 g/mol. The molecule has 0 aliphatic carbocycles. The number of carbonyl (C=O) groups is 1. The Bertz CT molecular complexity index is 744. The summed E-state index contributed by atoms with van der Waals surface area (Å²) in [6, 6.07) is 4.66. The quantitative estimate of drug-likeness (QED) is 0.461. The molecule has 0 aliphatic heterocycles. The van der Waals surface area contributed by atoms with Gasteiger partial charge < -0.3 is 4.57 Å². The molecule has 2 heterocycles. The third-order valence-electron chi connectivity index (χ3n) is 2.81. The third-order valence-corrected chi connectivity index (χ3v) is 3.88. The minimum atomic E-state index is -0.396. The molecule has 20 heavy (non-hydrogen) atoms. The summed E-state index contributed by atoms with van der Waals surface area (Å²) in [5.74, 6) is 4.65. The fraction of sp³-hybridized carbons (Fsp3) is 0.250. The van der Waals surface area contributed by atoms with Gasteiger partial charge in [0.15, 0.2) is 0 Å². The Morgan fingerprint density at radius 3 is 2.75 bits per heavy atom. The Labute approximate surface area is 118 Å². The number of thiophene rings is 1. The predicted octanol–water partition coefficient (Wildman–Crippen LogP) is -0.257. The van der Waals surface area contributed by atoms with Gasteiger partial charge in [0, 0.05) is 23.7 Å². The lowest BCUT2D eigenvalue weighted by atomic mass is 10.4. The number of hydrazine groups is 1. The zero-order valence-electron chi connectivity index (χ0n) is 10.8. The van der Waals surface area contributed by atoms with Gasteiger partial charge in [0.05, 0.1) is 11.4 Å². The topological polar surface area (TPSA) is 99.1 Å². The number of amides is 1. The lowest BCUT2D eigenvalue weighted by Gasteiger charge is -2.06. The number of rotatable bonds is 4. The van der Waals surface area contributed by atoms with E-state index >= 15 is 0 Å². The van der Waals surface area contributed by atoms with Crippen LogP contribution in [0, 0.1) is 0 Å². The summed E-state index contributed by atoms with van der Waals surface area (Å²) in [5, 5.41) is 0. The Morgan fingerprint density at radius 2 is 2.10 bits per heavy atom. The number of nitrogens with zero attached hydrogens (tertiary/aromatic N) is 2. The second-order valence-electron chi connectivity index (χ2n) is 4.05. The lowest BCUT2D eigenvalue weighted by molar-refractivity contribution is 0.0957. The van der Waals surface area contributed by atoms with E-state index in [0.717, 1.165) is 9.44 Å². The Morgan fingerprint density at radius 1 is 1.35 bits per heavy atom. The van der Waals surface area contributed by atoms with Gasteiger partial charge in [-0.25, -0.2) is 10.6 Å². The van der Waals surface area contributed by atoms with E-state index in [1.807, 2.05) is 12.3 Å². The maximum atomic E-state index is 12.1. The van der Waals surface area contributed by atoms with Crippen molar-refractivity contribution in [3.8, 4) is 0 Å². The molecule has 2 rings (SSSR count). The molecule has 0 aromatic carbocycles. The largest absolute Gasteiger partial charge is 0.331 e. The van der Waals surface area contributed by atoms with Crippen molar-refractivity contribution in [3.05, 3.63) is 55.0 Å². The van der Waals surface area contributed by atoms with Gasteiger partial charge in [0.1, 0.15) is 0 Å². The van der Waals surface area contributed by atoms with E-state index in [0.29, 0.717) is 11.4 Å². The van der Waals surface area contributed by atoms with Crippen molar-refractivity contribution in [2.24, 2.45) is 5.84 Å². The summed E-state index contributed by atoms with van der Waals surface area (Å²) in [5.41, 5.74) is 1.31. The van der Waals surface area contributed by atoms with Gasteiger partial charge >= 0.3 is 5.69 Å². The number of aryl methyl sites for hydroxylation is 1. The molecule has 0 aliphatic rings. The molecule has 0 saturated carbocycles. The summed E-state index contributed by atoms with van der Waals surface area (Å²) in [7, 11) is 0. The summed E-state index contributed by atoms with van der Waals surface area (Å²) in [4.78, 5) is 36.3. The molecule has 0 fully saturated rings. The van der Waals surface area contributed by atoms with Crippen molar-refractivity contribution in [1.29, 1.82) is 0 Å². The lowest BCUT2D eigenvalue weighted by Crippen LogP contribution is -2.38. The van der Waals surface area contributed by atoms with Crippen LogP contribution in [0.15, 0.2) is 34.0 Å². The van der Waals surface area contributed by atoms with Crippen LogP contribution in [0.4, 0.5) is 0 Å². The van der Waals surface area contributed by atoms with Crippen molar-refractivity contribution in [2.45, 2.75) is 20.0 Å². The van der Waals surface area contributed by atoms with Crippen LogP contribution in [0.25, 0.3) is 0 Å². The molecule has 106 valence electrons. The average Bonchev–Trinajstić information content (AvgIpc) is 2.91. The Kier molecular flexibility index (Phi) is 4.16. The first-order chi connectivity index (χ1) is 9.56. The minimum Gasteiger partial charge on any atom is -0.301 e. The van der Waals surface area contributed by atoms with Crippen molar-refractivity contribution in [2.75, 3.05) is 0 Å². The van der Waals surface area contributed by atoms with E-state index in [9.17, 15) is 14.4 Å². The summed E-state index contributed by atoms with van der Waals surface area (Å²) < 4.78 is 2.59.